The van der Waals surface area contributed by atoms with E-state index >= 15 is 0 Å². The zero-order valence-corrected chi connectivity index (χ0v) is 15.3. The first-order valence-electron chi connectivity index (χ1n) is 7.10. The number of aromatic nitrogens is 1. The SMILES string of the molecule is Cc1ccc(-c2coc(=O)n2-c2ccc(Br)cc2)c(C)c1N=S=O. The topological polar surface area (TPSA) is 64.6 Å². The molecule has 5 nitrogen and oxygen atoms in total. The quantitative estimate of drug-likeness (QED) is 0.644. The van der Waals surface area contributed by atoms with Crippen LogP contribution < -0.4 is 5.76 Å². The molecular formula is C17H13BrN2O3S. The van der Waals surface area contributed by atoms with E-state index in [1.165, 1.54) is 10.8 Å². The van der Waals surface area contributed by atoms with E-state index < -0.39 is 5.76 Å². The van der Waals surface area contributed by atoms with Gasteiger partial charge in [-0.25, -0.2) is 9.36 Å². The third-order valence-corrected chi connectivity index (χ3v) is 4.60. The van der Waals surface area contributed by atoms with Gasteiger partial charge < -0.3 is 4.42 Å². The van der Waals surface area contributed by atoms with Crippen molar-refractivity contribution >= 4 is 33.1 Å². The molecule has 0 aliphatic heterocycles. The van der Waals surface area contributed by atoms with Crippen molar-refractivity contribution in [3.63, 3.8) is 0 Å². The second kappa shape index (κ2) is 6.70. The van der Waals surface area contributed by atoms with Crippen LogP contribution in [0.2, 0.25) is 0 Å². The maximum atomic E-state index is 12.2. The number of hydrogen-bond acceptors (Lipinski definition) is 4. The Morgan fingerprint density at radius 1 is 1.12 bits per heavy atom. The second-order valence-electron chi connectivity index (χ2n) is 5.27. The maximum absolute atomic E-state index is 12.2. The molecule has 0 atom stereocenters. The van der Waals surface area contributed by atoms with Crippen molar-refractivity contribution in [3.8, 4) is 16.9 Å². The van der Waals surface area contributed by atoms with E-state index in [9.17, 15) is 9.00 Å². The summed E-state index contributed by atoms with van der Waals surface area (Å²) in [4.78, 5) is 12.2. The van der Waals surface area contributed by atoms with Crippen LogP contribution in [0, 0.1) is 13.8 Å². The van der Waals surface area contributed by atoms with Gasteiger partial charge in [-0.3, -0.25) is 0 Å². The number of aryl methyl sites for hydroxylation is 1. The highest BCUT2D eigenvalue weighted by Gasteiger charge is 2.17. The minimum atomic E-state index is -0.469. The van der Waals surface area contributed by atoms with Crippen molar-refractivity contribution in [1.29, 1.82) is 0 Å². The Morgan fingerprint density at radius 3 is 2.50 bits per heavy atom. The van der Waals surface area contributed by atoms with Crippen LogP contribution in [0.4, 0.5) is 5.69 Å². The average Bonchev–Trinajstić information content (AvgIpc) is 2.94. The van der Waals surface area contributed by atoms with Gasteiger partial charge in [-0.1, -0.05) is 28.1 Å². The molecular weight excluding hydrogens is 392 g/mol. The zero-order valence-electron chi connectivity index (χ0n) is 12.9. The summed E-state index contributed by atoms with van der Waals surface area (Å²) in [5.74, 6) is -0.469. The molecule has 1 heterocycles. The van der Waals surface area contributed by atoms with Crippen LogP contribution in [0.15, 0.2) is 60.7 Å². The van der Waals surface area contributed by atoms with Gasteiger partial charge in [0.05, 0.1) is 17.1 Å². The molecule has 7 heteroatoms. The Morgan fingerprint density at radius 2 is 1.83 bits per heavy atom. The van der Waals surface area contributed by atoms with Crippen LogP contribution in [0.5, 0.6) is 0 Å². The number of benzene rings is 2. The molecule has 0 fully saturated rings. The van der Waals surface area contributed by atoms with Gasteiger partial charge in [-0.15, -0.1) is 0 Å². The van der Waals surface area contributed by atoms with E-state index in [2.05, 4.69) is 20.3 Å². The van der Waals surface area contributed by atoms with Gasteiger partial charge >= 0.3 is 5.76 Å². The third kappa shape index (κ3) is 2.92. The smallest absolute Gasteiger partial charge is 0.415 e. The summed E-state index contributed by atoms with van der Waals surface area (Å²) < 4.78 is 22.3. The van der Waals surface area contributed by atoms with Crippen LogP contribution in [-0.2, 0) is 11.5 Å². The largest absolute Gasteiger partial charge is 0.424 e. The van der Waals surface area contributed by atoms with Crippen LogP contribution >= 0.6 is 15.9 Å². The molecule has 24 heavy (non-hydrogen) atoms. The predicted octanol–water partition coefficient (Wildman–Crippen LogP) is 4.50. The van der Waals surface area contributed by atoms with Crippen LogP contribution in [0.3, 0.4) is 0 Å². The summed E-state index contributed by atoms with van der Waals surface area (Å²) in [5.41, 5.74) is 4.46. The monoisotopic (exact) mass is 404 g/mol. The minimum Gasteiger partial charge on any atom is -0.415 e. The summed E-state index contributed by atoms with van der Waals surface area (Å²) >= 11 is 3.55. The molecule has 0 radical (unpaired) electrons. The highest BCUT2D eigenvalue weighted by atomic mass is 79.9. The predicted molar refractivity (Wildman–Crippen MR) is 97.1 cm³/mol. The van der Waals surface area contributed by atoms with Gasteiger partial charge in [-0.05, 0) is 49.2 Å². The van der Waals surface area contributed by atoms with E-state index in [-0.39, 0.29) is 11.5 Å². The summed E-state index contributed by atoms with van der Waals surface area (Å²) in [6, 6.07) is 11.1. The molecule has 0 aliphatic carbocycles. The van der Waals surface area contributed by atoms with Crippen molar-refractivity contribution in [2.24, 2.45) is 4.36 Å². The fourth-order valence-electron chi connectivity index (χ4n) is 2.62. The van der Waals surface area contributed by atoms with E-state index in [0.717, 1.165) is 21.2 Å². The number of halogens is 1. The molecule has 0 amide bonds. The van der Waals surface area contributed by atoms with Gasteiger partial charge in [0.15, 0.2) is 0 Å². The lowest BCUT2D eigenvalue weighted by atomic mass is 10.0. The number of hydrogen-bond donors (Lipinski definition) is 0. The number of nitrogens with zero attached hydrogens (tertiary/aromatic N) is 2. The van der Waals surface area contributed by atoms with Gasteiger partial charge in [0.2, 0.25) is 11.5 Å². The molecule has 122 valence electrons. The molecule has 0 bridgehead atoms. The van der Waals surface area contributed by atoms with Gasteiger partial charge in [0.1, 0.15) is 6.26 Å². The molecule has 0 aliphatic rings. The molecule has 3 aromatic rings. The normalized spacial score (nSPS) is 10.6. The highest BCUT2D eigenvalue weighted by Crippen LogP contribution is 2.33. The maximum Gasteiger partial charge on any atom is 0.424 e. The van der Waals surface area contributed by atoms with Gasteiger partial charge in [-0.2, -0.15) is 8.57 Å². The molecule has 0 unspecified atom stereocenters. The first-order chi connectivity index (χ1) is 11.5. The van der Waals surface area contributed by atoms with Gasteiger partial charge in [0, 0.05) is 10.0 Å². The standard InChI is InChI=1S/C17H13BrN2O3S/c1-10-3-8-14(11(2)16(10)19-24-22)15-9-23-17(21)20(15)13-6-4-12(18)5-7-13/h3-9H,1-2H3. The van der Waals surface area contributed by atoms with Crippen molar-refractivity contribution < 1.29 is 8.63 Å². The first-order valence-corrected chi connectivity index (χ1v) is 8.59. The van der Waals surface area contributed by atoms with E-state index in [1.54, 1.807) is 0 Å². The lowest BCUT2D eigenvalue weighted by Gasteiger charge is -2.11. The van der Waals surface area contributed by atoms with Crippen LogP contribution in [-0.4, -0.2) is 8.78 Å². The Bertz CT molecular complexity index is 1020. The van der Waals surface area contributed by atoms with Crippen LogP contribution in [0.25, 0.3) is 16.9 Å². The Labute approximate surface area is 150 Å². The molecule has 0 spiro atoms. The van der Waals surface area contributed by atoms with Crippen molar-refractivity contribution in [3.05, 3.63) is 68.8 Å². The van der Waals surface area contributed by atoms with Crippen molar-refractivity contribution in [2.75, 3.05) is 0 Å². The fourth-order valence-corrected chi connectivity index (χ4v) is 3.24. The minimum absolute atomic E-state index is 0.172. The Balaban J connectivity index is 2.26. The lowest BCUT2D eigenvalue weighted by Crippen LogP contribution is -2.13. The lowest BCUT2D eigenvalue weighted by molar-refractivity contribution is 0.504. The van der Waals surface area contributed by atoms with E-state index in [0.29, 0.717) is 17.1 Å². The summed E-state index contributed by atoms with van der Waals surface area (Å²) in [6.45, 7) is 3.77. The van der Waals surface area contributed by atoms with Crippen LogP contribution in [0.1, 0.15) is 11.1 Å². The third-order valence-electron chi connectivity index (χ3n) is 3.82. The zero-order chi connectivity index (χ0) is 17.3. The first kappa shape index (κ1) is 16.6. The number of oxazole rings is 1. The van der Waals surface area contributed by atoms with Gasteiger partial charge in [0.25, 0.3) is 0 Å². The molecule has 0 N–H and O–H groups in total. The van der Waals surface area contributed by atoms with E-state index in [4.69, 9.17) is 4.42 Å². The number of rotatable bonds is 3. The highest BCUT2D eigenvalue weighted by molar-refractivity contribution is 9.10. The molecule has 0 saturated heterocycles. The Hall–Kier alpha value is -2.25. The van der Waals surface area contributed by atoms with Crippen molar-refractivity contribution in [2.45, 2.75) is 13.8 Å². The molecule has 2 aromatic carbocycles. The molecule has 1 aromatic heterocycles. The summed E-state index contributed by atoms with van der Waals surface area (Å²) in [6.07, 6.45) is 1.43. The second-order valence-corrected chi connectivity index (χ2v) is 6.52. The van der Waals surface area contributed by atoms with E-state index in [1.807, 2.05) is 50.2 Å². The fraction of sp³-hybridized carbons (Fsp3) is 0.118. The summed E-state index contributed by atoms with van der Waals surface area (Å²) in [7, 11) is 0. The Kier molecular flexibility index (Phi) is 4.64. The average molecular weight is 405 g/mol. The summed E-state index contributed by atoms with van der Waals surface area (Å²) in [5, 5.41) is 0. The molecule has 3 rings (SSSR count). The van der Waals surface area contributed by atoms with Crippen molar-refractivity contribution in [1.82, 2.24) is 4.57 Å². The molecule has 0 saturated carbocycles.